The maximum Gasteiger partial charge on any atom is 0.104 e. The number of benzene rings is 1. The quantitative estimate of drug-likeness (QED) is 0.524. The van der Waals surface area contributed by atoms with Gasteiger partial charge in [-0.3, -0.25) is 0 Å². The number of rotatable bonds is 4. The summed E-state index contributed by atoms with van der Waals surface area (Å²) in [7, 11) is 0. The highest BCUT2D eigenvalue weighted by Crippen LogP contribution is 2.35. The van der Waals surface area contributed by atoms with Crippen LogP contribution < -0.4 is 20.4 Å². The number of nitrogens with one attached hydrogen (secondary N) is 1. The lowest BCUT2D eigenvalue weighted by molar-refractivity contribution is -0.945. The number of carboxylic acids is 2. The lowest BCUT2D eigenvalue weighted by atomic mass is 9.66. The summed E-state index contributed by atoms with van der Waals surface area (Å²) in [5.41, 5.74) is 2.51. The third-order valence-corrected chi connectivity index (χ3v) is 6.01. The van der Waals surface area contributed by atoms with E-state index < -0.39 is 11.9 Å². The molecule has 1 aromatic carbocycles. The Labute approximate surface area is 168 Å². The Morgan fingerprint density at radius 3 is 2.11 bits per heavy atom. The van der Waals surface area contributed by atoms with Crippen molar-refractivity contribution in [1.82, 2.24) is 0 Å². The van der Waals surface area contributed by atoms with Gasteiger partial charge in [0.05, 0.1) is 48.9 Å². The summed E-state index contributed by atoms with van der Waals surface area (Å²) in [6.07, 6.45) is 2.18. The highest BCUT2D eigenvalue weighted by molar-refractivity contribution is 9.10. The molecule has 0 radical (unpaired) electrons. The highest BCUT2D eigenvalue weighted by Gasteiger charge is 2.50. The lowest BCUT2D eigenvalue weighted by Gasteiger charge is -2.49. The van der Waals surface area contributed by atoms with E-state index in [0.29, 0.717) is 23.0 Å². The van der Waals surface area contributed by atoms with E-state index in [1.165, 1.54) is 42.6 Å². The van der Waals surface area contributed by atoms with Gasteiger partial charge in [-0.05, 0) is 38.5 Å². The largest absolute Gasteiger partial charge is 0.545 e. The molecule has 148 valence electrons. The molecule has 7 heteroatoms. The van der Waals surface area contributed by atoms with Crippen LogP contribution in [-0.2, 0) is 16.1 Å². The van der Waals surface area contributed by atoms with Gasteiger partial charge in [-0.25, -0.2) is 0 Å². The third kappa shape index (κ3) is 6.75. The van der Waals surface area contributed by atoms with Crippen LogP contribution in [0, 0.1) is 10.8 Å². The van der Waals surface area contributed by atoms with E-state index in [1.54, 1.807) is 4.90 Å². The summed E-state index contributed by atoms with van der Waals surface area (Å²) < 4.78 is 1.26. The fourth-order valence-corrected chi connectivity index (χ4v) is 5.08. The van der Waals surface area contributed by atoms with Gasteiger partial charge < -0.3 is 30.0 Å². The number of quaternary nitrogens is 2. The van der Waals surface area contributed by atoms with Gasteiger partial charge >= 0.3 is 0 Å². The second kappa shape index (κ2) is 8.99. The van der Waals surface area contributed by atoms with Crippen LogP contribution in [0.3, 0.4) is 0 Å². The fraction of sp³-hybridized carbons (Fsp3) is 0.500. The molecule has 0 aromatic heterocycles. The van der Waals surface area contributed by atoms with Crippen LogP contribution in [0.5, 0.6) is 0 Å². The molecule has 1 aromatic rings. The molecule has 2 aliphatic heterocycles. The van der Waals surface area contributed by atoms with Gasteiger partial charge in [0, 0.05) is 10.0 Å². The molecular formula is C20H27BrN2O4. The molecule has 3 N–H and O–H groups in total. The number of piperidine rings is 2. The van der Waals surface area contributed by atoms with Gasteiger partial charge in [-0.2, -0.15) is 0 Å². The van der Waals surface area contributed by atoms with Crippen molar-refractivity contribution in [3.8, 4) is 0 Å². The molecule has 0 spiro atoms. The Kier molecular flexibility index (Phi) is 7.19. The first-order valence-electron chi connectivity index (χ1n) is 9.10. The maximum atomic E-state index is 9.41. The van der Waals surface area contributed by atoms with Crippen LogP contribution in [0.25, 0.3) is 0 Å². The topological polar surface area (TPSA) is 101 Å². The molecule has 6 nitrogen and oxygen atoms in total. The Morgan fingerprint density at radius 2 is 1.63 bits per heavy atom. The number of hydrogen-bond acceptors (Lipinski definition) is 4. The minimum atomic E-state index is -1.55. The van der Waals surface area contributed by atoms with Gasteiger partial charge in [-0.15, -0.1) is 0 Å². The summed E-state index contributed by atoms with van der Waals surface area (Å²) in [5.74, 6) is -3.09. The van der Waals surface area contributed by atoms with Crippen molar-refractivity contribution in [2.45, 2.75) is 26.8 Å². The SMILES string of the molecule is CC12C[NH2+]CC(C)(C[NH+](Cc3ccccc3Br)C1)C2.O=C([O-])C=CC(=O)[O-]. The zero-order valence-corrected chi connectivity index (χ0v) is 17.4. The van der Waals surface area contributed by atoms with Crippen molar-refractivity contribution in [2.24, 2.45) is 10.8 Å². The third-order valence-electron chi connectivity index (χ3n) is 5.24. The average Bonchev–Trinajstić information content (AvgIpc) is 2.54. The predicted octanol–water partition coefficient (Wildman–Crippen LogP) is -2.13. The van der Waals surface area contributed by atoms with Crippen LogP contribution in [0.15, 0.2) is 40.9 Å². The smallest absolute Gasteiger partial charge is 0.104 e. The molecule has 3 rings (SSSR count). The average molecular weight is 439 g/mol. The van der Waals surface area contributed by atoms with Crippen LogP contribution in [-0.4, -0.2) is 38.1 Å². The molecule has 0 saturated carbocycles. The number of likely N-dealkylation sites (tertiary alicyclic amines) is 1. The van der Waals surface area contributed by atoms with Crippen LogP contribution in [0.2, 0.25) is 0 Å². The first-order valence-corrected chi connectivity index (χ1v) is 9.89. The standard InChI is InChI=1S/C16H23BrN2.C4H4O4/c1-15-8-16(2,10-18-9-15)12-19(11-15)7-13-5-3-4-6-14(13)17;5-3(6)1-2-4(7)8/h3-6,18H,7-12H2,1-2H3;1-2H,(H,5,6)(H,7,8). The van der Waals surface area contributed by atoms with Crippen molar-refractivity contribution >= 4 is 27.9 Å². The van der Waals surface area contributed by atoms with Crippen molar-refractivity contribution in [3.63, 3.8) is 0 Å². The van der Waals surface area contributed by atoms with Crippen molar-refractivity contribution in [2.75, 3.05) is 26.2 Å². The van der Waals surface area contributed by atoms with Gasteiger partial charge in [0.25, 0.3) is 0 Å². The van der Waals surface area contributed by atoms with E-state index in [1.807, 2.05) is 0 Å². The number of halogens is 1. The Balaban J connectivity index is 0.000000279. The van der Waals surface area contributed by atoms with Crippen molar-refractivity contribution < 1.29 is 30.0 Å². The monoisotopic (exact) mass is 438 g/mol. The van der Waals surface area contributed by atoms with E-state index in [0.717, 1.165) is 6.54 Å². The lowest BCUT2D eigenvalue weighted by Crippen LogP contribution is -3.17. The van der Waals surface area contributed by atoms with E-state index in [9.17, 15) is 19.8 Å². The number of hydrogen-bond donors (Lipinski definition) is 2. The minimum absolute atomic E-state index is 0.384. The first kappa shape index (κ1) is 21.6. The second-order valence-corrected chi connectivity index (χ2v) is 9.19. The Hall–Kier alpha value is -1.70. The predicted molar refractivity (Wildman–Crippen MR) is 100 cm³/mol. The molecule has 0 amide bonds. The highest BCUT2D eigenvalue weighted by atomic mass is 79.9. The number of carbonyl (C=O) groups is 2. The molecule has 2 atom stereocenters. The van der Waals surface area contributed by atoms with E-state index in [-0.39, 0.29) is 0 Å². The normalized spacial score (nSPS) is 29.7. The zero-order valence-electron chi connectivity index (χ0n) is 15.8. The van der Waals surface area contributed by atoms with E-state index in [4.69, 9.17) is 0 Å². The van der Waals surface area contributed by atoms with E-state index in [2.05, 4.69) is 59.4 Å². The minimum Gasteiger partial charge on any atom is -0.545 e. The zero-order chi connectivity index (χ0) is 20.1. The Bertz CT molecular complexity index is 690. The van der Waals surface area contributed by atoms with Crippen LogP contribution in [0.4, 0.5) is 0 Å². The van der Waals surface area contributed by atoms with Crippen molar-refractivity contribution in [3.05, 3.63) is 46.5 Å². The van der Waals surface area contributed by atoms with E-state index >= 15 is 0 Å². The van der Waals surface area contributed by atoms with Gasteiger partial charge in [0.2, 0.25) is 0 Å². The summed E-state index contributed by atoms with van der Waals surface area (Å²) >= 11 is 3.69. The molecule has 2 bridgehead atoms. The molecule has 27 heavy (non-hydrogen) atoms. The summed E-state index contributed by atoms with van der Waals surface area (Å²) in [6, 6.07) is 8.68. The summed E-state index contributed by atoms with van der Waals surface area (Å²) in [5, 5.41) is 21.4. The molecule has 2 saturated heterocycles. The van der Waals surface area contributed by atoms with Gasteiger partial charge in [0.15, 0.2) is 0 Å². The van der Waals surface area contributed by atoms with Crippen LogP contribution in [0.1, 0.15) is 25.8 Å². The number of carboxylic acid groups (broad SMARTS) is 2. The number of fused-ring (bicyclic) bond motifs is 2. The first-order chi connectivity index (χ1) is 12.6. The molecule has 2 fully saturated rings. The molecule has 0 aliphatic carbocycles. The molecule has 2 unspecified atom stereocenters. The fourth-order valence-electron chi connectivity index (χ4n) is 4.65. The number of carbonyl (C=O) groups excluding carboxylic acids is 2. The number of nitrogens with two attached hydrogens (primary N) is 1. The maximum absolute atomic E-state index is 9.41. The molecular weight excluding hydrogens is 412 g/mol. The van der Waals surface area contributed by atoms with Gasteiger partial charge in [0.1, 0.15) is 6.54 Å². The second-order valence-electron chi connectivity index (χ2n) is 8.34. The Morgan fingerprint density at radius 1 is 1.11 bits per heavy atom. The number of aliphatic carboxylic acids is 2. The summed E-state index contributed by atoms with van der Waals surface area (Å²) in [6.45, 7) is 11.4. The summed E-state index contributed by atoms with van der Waals surface area (Å²) in [4.78, 5) is 20.6. The molecule has 2 heterocycles. The van der Waals surface area contributed by atoms with Crippen molar-refractivity contribution in [1.29, 1.82) is 0 Å². The van der Waals surface area contributed by atoms with Gasteiger partial charge in [-0.1, -0.05) is 34.1 Å². The molecule has 2 aliphatic rings. The van der Waals surface area contributed by atoms with Crippen LogP contribution >= 0.6 is 15.9 Å².